The summed E-state index contributed by atoms with van der Waals surface area (Å²) in [6.07, 6.45) is 5.24. The van der Waals surface area contributed by atoms with Crippen molar-refractivity contribution in [3.63, 3.8) is 0 Å². The molecule has 110 valence electrons. The van der Waals surface area contributed by atoms with Crippen molar-refractivity contribution in [2.24, 2.45) is 0 Å². The molecular formula is C17H26N2O. The summed E-state index contributed by atoms with van der Waals surface area (Å²) in [6, 6.07) is 8.65. The fourth-order valence-corrected chi connectivity index (χ4v) is 3.32. The van der Waals surface area contributed by atoms with Crippen molar-refractivity contribution in [2.75, 3.05) is 33.2 Å². The second-order valence-electron chi connectivity index (χ2n) is 6.20. The van der Waals surface area contributed by atoms with Crippen LogP contribution in [0, 0.1) is 0 Å². The van der Waals surface area contributed by atoms with Crippen LogP contribution in [0.5, 0.6) is 5.75 Å². The average Bonchev–Trinajstić information content (AvgIpc) is 2.51. The molecule has 2 saturated heterocycles. The van der Waals surface area contributed by atoms with Crippen LogP contribution >= 0.6 is 0 Å². The topological polar surface area (TPSA) is 24.5 Å². The number of rotatable bonds is 3. The highest BCUT2D eigenvalue weighted by Gasteiger charge is 2.22. The van der Waals surface area contributed by atoms with Gasteiger partial charge >= 0.3 is 0 Å². The van der Waals surface area contributed by atoms with E-state index in [2.05, 4.69) is 41.5 Å². The molecule has 0 saturated carbocycles. The van der Waals surface area contributed by atoms with E-state index in [4.69, 9.17) is 4.74 Å². The van der Waals surface area contributed by atoms with Gasteiger partial charge in [-0.1, -0.05) is 18.2 Å². The predicted octanol–water partition coefficient (Wildman–Crippen LogP) is 2.63. The Labute approximate surface area is 122 Å². The van der Waals surface area contributed by atoms with Crippen LogP contribution in [0.3, 0.4) is 0 Å². The number of likely N-dealkylation sites (tertiary alicyclic amines) is 1. The standard InChI is InChI=1S/C17H26N2O/c1-19-11-8-15(9-12-19)20-17-7-3-2-6-16(17)14-5-4-10-18-13-14/h2-3,6-7,14-15,18H,4-5,8-13H2,1H3. The highest BCUT2D eigenvalue weighted by atomic mass is 16.5. The van der Waals surface area contributed by atoms with E-state index in [0.717, 1.165) is 44.8 Å². The first-order valence-electron chi connectivity index (χ1n) is 7.98. The zero-order chi connectivity index (χ0) is 13.8. The number of para-hydroxylation sites is 1. The summed E-state index contributed by atoms with van der Waals surface area (Å²) < 4.78 is 6.33. The Kier molecular flexibility index (Phi) is 4.58. The molecular weight excluding hydrogens is 248 g/mol. The van der Waals surface area contributed by atoms with Gasteiger partial charge in [-0.15, -0.1) is 0 Å². The Hall–Kier alpha value is -1.06. The van der Waals surface area contributed by atoms with Gasteiger partial charge in [-0.25, -0.2) is 0 Å². The molecule has 3 nitrogen and oxygen atoms in total. The average molecular weight is 274 g/mol. The van der Waals surface area contributed by atoms with Crippen molar-refractivity contribution in [1.29, 1.82) is 0 Å². The molecule has 20 heavy (non-hydrogen) atoms. The smallest absolute Gasteiger partial charge is 0.123 e. The van der Waals surface area contributed by atoms with Gasteiger partial charge < -0.3 is 15.0 Å². The van der Waals surface area contributed by atoms with Gasteiger partial charge in [-0.2, -0.15) is 0 Å². The van der Waals surface area contributed by atoms with Gasteiger partial charge in [0, 0.05) is 25.6 Å². The van der Waals surface area contributed by atoms with E-state index >= 15 is 0 Å². The molecule has 2 heterocycles. The lowest BCUT2D eigenvalue weighted by Crippen LogP contribution is -2.36. The molecule has 3 rings (SSSR count). The molecule has 1 aromatic carbocycles. The molecule has 0 radical (unpaired) electrons. The van der Waals surface area contributed by atoms with Crippen molar-refractivity contribution in [3.8, 4) is 5.75 Å². The second kappa shape index (κ2) is 6.59. The predicted molar refractivity (Wildman–Crippen MR) is 82.4 cm³/mol. The van der Waals surface area contributed by atoms with Gasteiger partial charge in [0.1, 0.15) is 11.9 Å². The van der Waals surface area contributed by atoms with Crippen LogP contribution < -0.4 is 10.1 Å². The quantitative estimate of drug-likeness (QED) is 0.917. The molecule has 1 atom stereocenters. The molecule has 0 amide bonds. The SMILES string of the molecule is CN1CCC(Oc2ccccc2C2CCCNC2)CC1. The summed E-state index contributed by atoms with van der Waals surface area (Å²) >= 11 is 0. The minimum Gasteiger partial charge on any atom is -0.490 e. The van der Waals surface area contributed by atoms with Crippen LogP contribution in [0.2, 0.25) is 0 Å². The maximum absolute atomic E-state index is 6.33. The molecule has 0 bridgehead atoms. The van der Waals surface area contributed by atoms with E-state index in [1.54, 1.807) is 0 Å². The zero-order valence-electron chi connectivity index (χ0n) is 12.5. The van der Waals surface area contributed by atoms with Crippen LogP contribution in [-0.4, -0.2) is 44.2 Å². The van der Waals surface area contributed by atoms with E-state index in [9.17, 15) is 0 Å². The van der Waals surface area contributed by atoms with Gasteiger partial charge in [0.05, 0.1) is 0 Å². The Morgan fingerprint density at radius 3 is 2.70 bits per heavy atom. The normalized spacial score (nSPS) is 25.6. The molecule has 0 aromatic heterocycles. The maximum Gasteiger partial charge on any atom is 0.123 e. The van der Waals surface area contributed by atoms with E-state index < -0.39 is 0 Å². The third-order valence-electron chi connectivity index (χ3n) is 4.61. The zero-order valence-corrected chi connectivity index (χ0v) is 12.5. The molecule has 0 aliphatic carbocycles. The van der Waals surface area contributed by atoms with Crippen molar-refractivity contribution >= 4 is 0 Å². The Morgan fingerprint density at radius 2 is 1.95 bits per heavy atom. The number of ether oxygens (including phenoxy) is 1. The van der Waals surface area contributed by atoms with Gasteiger partial charge in [0.25, 0.3) is 0 Å². The molecule has 1 N–H and O–H groups in total. The van der Waals surface area contributed by atoms with Gasteiger partial charge in [-0.3, -0.25) is 0 Å². The van der Waals surface area contributed by atoms with Crippen LogP contribution in [0.15, 0.2) is 24.3 Å². The first-order valence-corrected chi connectivity index (χ1v) is 7.98. The van der Waals surface area contributed by atoms with Crippen LogP contribution in [0.4, 0.5) is 0 Å². The lowest BCUT2D eigenvalue weighted by Gasteiger charge is -2.31. The summed E-state index contributed by atoms with van der Waals surface area (Å²) in [4.78, 5) is 2.39. The summed E-state index contributed by atoms with van der Waals surface area (Å²) in [5.41, 5.74) is 1.40. The van der Waals surface area contributed by atoms with Crippen molar-refractivity contribution in [3.05, 3.63) is 29.8 Å². The lowest BCUT2D eigenvalue weighted by atomic mass is 9.91. The summed E-state index contributed by atoms with van der Waals surface area (Å²) in [5.74, 6) is 1.74. The minimum absolute atomic E-state index is 0.392. The fraction of sp³-hybridized carbons (Fsp3) is 0.647. The van der Waals surface area contributed by atoms with Gasteiger partial charge in [-0.05, 0) is 50.9 Å². The number of nitrogens with one attached hydrogen (secondary N) is 1. The third-order valence-corrected chi connectivity index (χ3v) is 4.61. The highest BCUT2D eigenvalue weighted by molar-refractivity contribution is 5.37. The number of piperidine rings is 2. The molecule has 1 aromatic rings. The third kappa shape index (κ3) is 3.33. The van der Waals surface area contributed by atoms with Crippen LogP contribution in [-0.2, 0) is 0 Å². The lowest BCUT2D eigenvalue weighted by molar-refractivity contribution is 0.113. The molecule has 2 fully saturated rings. The molecule has 3 heteroatoms. The molecule has 0 spiro atoms. The number of hydrogen-bond donors (Lipinski definition) is 1. The first kappa shape index (κ1) is 13.9. The summed E-state index contributed by atoms with van der Waals surface area (Å²) in [7, 11) is 2.19. The summed E-state index contributed by atoms with van der Waals surface area (Å²) in [6.45, 7) is 4.55. The summed E-state index contributed by atoms with van der Waals surface area (Å²) in [5, 5.41) is 3.51. The van der Waals surface area contributed by atoms with Gasteiger partial charge in [0.2, 0.25) is 0 Å². The van der Waals surface area contributed by atoms with Gasteiger partial charge in [0.15, 0.2) is 0 Å². The highest BCUT2D eigenvalue weighted by Crippen LogP contribution is 2.32. The first-order chi connectivity index (χ1) is 9.83. The minimum atomic E-state index is 0.392. The molecule has 2 aliphatic rings. The van der Waals surface area contributed by atoms with E-state index in [-0.39, 0.29) is 0 Å². The Morgan fingerprint density at radius 1 is 1.15 bits per heavy atom. The Balaban J connectivity index is 1.69. The largest absolute Gasteiger partial charge is 0.490 e. The second-order valence-corrected chi connectivity index (χ2v) is 6.20. The fourth-order valence-electron chi connectivity index (χ4n) is 3.32. The Bertz CT molecular complexity index is 421. The number of benzene rings is 1. The molecule has 2 aliphatic heterocycles. The maximum atomic E-state index is 6.33. The van der Waals surface area contributed by atoms with E-state index in [1.165, 1.54) is 18.4 Å². The number of hydrogen-bond acceptors (Lipinski definition) is 3. The monoisotopic (exact) mass is 274 g/mol. The van der Waals surface area contributed by atoms with Crippen molar-refractivity contribution in [1.82, 2.24) is 10.2 Å². The molecule has 1 unspecified atom stereocenters. The van der Waals surface area contributed by atoms with Crippen LogP contribution in [0.25, 0.3) is 0 Å². The van der Waals surface area contributed by atoms with E-state index in [1.807, 2.05) is 0 Å². The van der Waals surface area contributed by atoms with Crippen molar-refractivity contribution in [2.45, 2.75) is 37.7 Å². The van der Waals surface area contributed by atoms with E-state index in [0.29, 0.717) is 12.0 Å². The van der Waals surface area contributed by atoms with Crippen LogP contribution in [0.1, 0.15) is 37.2 Å². The number of nitrogens with zero attached hydrogens (tertiary/aromatic N) is 1. The van der Waals surface area contributed by atoms with Crippen molar-refractivity contribution < 1.29 is 4.74 Å².